The molecule has 0 heterocycles. The van der Waals surface area contributed by atoms with E-state index in [9.17, 15) is 8.42 Å². The van der Waals surface area contributed by atoms with Crippen molar-refractivity contribution in [3.05, 3.63) is 24.3 Å². The summed E-state index contributed by atoms with van der Waals surface area (Å²) in [5.74, 6) is 0.357. The minimum atomic E-state index is -4.23. The summed E-state index contributed by atoms with van der Waals surface area (Å²) in [4.78, 5) is -0.245. The first-order valence-corrected chi connectivity index (χ1v) is 5.78. The maximum absolute atomic E-state index is 10.9. The summed E-state index contributed by atoms with van der Waals surface area (Å²) < 4.78 is 35.6. The van der Waals surface area contributed by atoms with Crippen LogP contribution < -0.4 is 4.74 Å². The summed E-state index contributed by atoms with van der Waals surface area (Å²) in [6.45, 7) is 0.189. The topological polar surface area (TPSA) is 63.6 Å². The predicted octanol–water partition coefficient (Wildman–Crippen LogP) is 0.902. The molecule has 0 amide bonds. The van der Waals surface area contributed by atoms with Crippen molar-refractivity contribution in [2.75, 3.05) is 12.5 Å². The third kappa shape index (κ3) is 4.72. The van der Waals surface area contributed by atoms with Crippen LogP contribution in [0.2, 0.25) is 0 Å². The average Bonchev–Trinajstić information content (AvgIpc) is 2.14. The van der Waals surface area contributed by atoms with Crippen LogP contribution in [0.5, 0.6) is 5.75 Å². The molecule has 0 unspecified atom stereocenters. The normalized spacial score (nSPS) is 10.5. The van der Waals surface area contributed by atoms with E-state index in [0.717, 1.165) is 0 Å². The van der Waals surface area contributed by atoms with Crippen molar-refractivity contribution < 1.29 is 17.7 Å². The first-order valence-electron chi connectivity index (χ1n) is 3.81. The number of para-hydroxylation sites is 1. The molecular weight excluding hydrogens is 251 g/mol. The zero-order chi connectivity index (χ0) is 10.6. The Morgan fingerprint density at radius 3 is 2.47 bits per heavy atom. The quantitative estimate of drug-likeness (QED) is 0.496. The molecule has 1 rings (SSSR count). The summed E-state index contributed by atoms with van der Waals surface area (Å²) in [7, 11) is -4.23. The molecule has 7 heteroatoms. The van der Waals surface area contributed by atoms with Gasteiger partial charge in [-0.3, -0.25) is 4.55 Å². The molecule has 0 fully saturated rings. The van der Waals surface area contributed by atoms with Crippen molar-refractivity contribution in [2.24, 2.45) is 0 Å². The Balaban J connectivity index is 0.00000196. The third-order valence-corrected chi connectivity index (χ3v) is 2.51. The fourth-order valence-electron chi connectivity index (χ4n) is 0.931. The molecule has 4 nitrogen and oxygen atoms in total. The van der Waals surface area contributed by atoms with E-state index in [4.69, 9.17) is 20.9 Å². The molecule has 0 radical (unpaired) electrons. The zero-order valence-corrected chi connectivity index (χ0v) is 8.75. The van der Waals surface area contributed by atoms with Gasteiger partial charge in [-0.1, -0.05) is 12.1 Å². The third-order valence-electron chi connectivity index (χ3n) is 1.46. The van der Waals surface area contributed by atoms with Gasteiger partial charge in [-0.05, 0) is 12.1 Å². The Bertz CT molecular complexity index is 407. The number of benzene rings is 1. The molecule has 0 atom stereocenters. The molecule has 0 saturated carbocycles. The van der Waals surface area contributed by atoms with Crippen molar-refractivity contribution in [3.8, 4) is 5.75 Å². The summed E-state index contributed by atoms with van der Waals surface area (Å²) >= 11 is 5.38. The van der Waals surface area contributed by atoms with Crippen molar-refractivity contribution in [1.82, 2.24) is 0 Å². The molecule has 0 aliphatic rings. The average molecular weight is 261 g/mol. The van der Waals surface area contributed by atoms with Crippen LogP contribution in [0.1, 0.15) is 0 Å². The van der Waals surface area contributed by atoms with E-state index in [1.165, 1.54) is 18.2 Å². The van der Waals surface area contributed by atoms with Crippen LogP contribution in [0.15, 0.2) is 29.2 Å². The number of hydrogen-bond acceptors (Lipinski definition) is 3. The standard InChI is InChI=1S/C8H9ClO4S.Na.H/c9-5-6-13-7-3-1-2-4-8(7)14(10,11)12;;/h1-4H,5-6H2,(H,10,11,12);;. The van der Waals surface area contributed by atoms with Crippen molar-refractivity contribution in [1.29, 1.82) is 0 Å². The SMILES string of the molecule is O=S(=O)(O)c1ccccc1OCCCl.[NaH]. The Morgan fingerprint density at radius 1 is 1.33 bits per heavy atom. The van der Waals surface area contributed by atoms with E-state index in [1.54, 1.807) is 6.07 Å². The fraction of sp³-hybridized carbons (Fsp3) is 0.250. The predicted molar refractivity (Wildman–Crippen MR) is 59.6 cm³/mol. The van der Waals surface area contributed by atoms with Crippen LogP contribution in [0, 0.1) is 0 Å². The Labute approximate surface area is 116 Å². The summed E-state index contributed by atoms with van der Waals surface area (Å²) in [6.07, 6.45) is 0. The van der Waals surface area contributed by atoms with Crippen LogP contribution in [-0.2, 0) is 10.1 Å². The number of halogens is 1. The van der Waals surface area contributed by atoms with Gasteiger partial charge in [0.05, 0.1) is 5.88 Å². The van der Waals surface area contributed by atoms with Crippen LogP contribution in [0.4, 0.5) is 0 Å². The van der Waals surface area contributed by atoms with Crippen LogP contribution in [0.3, 0.4) is 0 Å². The molecule has 0 aromatic heterocycles. The van der Waals surface area contributed by atoms with E-state index in [2.05, 4.69) is 0 Å². The molecule has 0 spiro atoms. The molecule has 0 aliphatic carbocycles. The summed E-state index contributed by atoms with van der Waals surface area (Å²) in [6, 6.07) is 5.82. The van der Waals surface area contributed by atoms with Crippen molar-refractivity contribution in [3.63, 3.8) is 0 Å². The van der Waals surface area contributed by atoms with Gasteiger partial charge in [0.15, 0.2) is 0 Å². The van der Waals surface area contributed by atoms with Gasteiger partial charge in [-0.25, -0.2) is 0 Å². The number of rotatable bonds is 4. The van der Waals surface area contributed by atoms with Crippen molar-refractivity contribution >= 4 is 51.3 Å². The van der Waals surface area contributed by atoms with Gasteiger partial charge >= 0.3 is 29.6 Å². The monoisotopic (exact) mass is 260 g/mol. The van der Waals surface area contributed by atoms with Gasteiger partial charge in [-0.15, -0.1) is 11.6 Å². The summed E-state index contributed by atoms with van der Waals surface area (Å²) in [5, 5.41) is 0. The van der Waals surface area contributed by atoms with Crippen LogP contribution in [-0.4, -0.2) is 55.0 Å². The van der Waals surface area contributed by atoms with Crippen LogP contribution in [0.25, 0.3) is 0 Å². The van der Waals surface area contributed by atoms with E-state index in [1.807, 2.05) is 0 Å². The van der Waals surface area contributed by atoms with E-state index in [0.29, 0.717) is 0 Å². The molecule has 0 saturated heterocycles. The molecular formula is C8H10ClNaO4S. The second-order valence-corrected chi connectivity index (χ2v) is 4.23. The van der Waals surface area contributed by atoms with Gasteiger partial charge < -0.3 is 4.74 Å². The maximum atomic E-state index is 10.9. The fourth-order valence-corrected chi connectivity index (χ4v) is 1.64. The zero-order valence-electron chi connectivity index (χ0n) is 7.18. The molecule has 1 aromatic rings. The van der Waals surface area contributed by atoms with Gasteiger partial charge in [0.1, 0.15) is 17.3 Å². The summed E-state index contributed by atoms with van der Waals surface area (Å²) in [5.41, 5.74) is 0. The first kappa shape index (κ1) is 15.2. The Hall–Kier alpha value is 0.220. The Morgan fingerprint density at radius 2 is 1.93 bits per heavy atom. The first-order chi connectivity index (χ1) is 6.55. The molecule has 80 valence electrons. The molecule has 0 aliphatic heterocycles. The number of ether oxygens (including phenoxy) is 1. The van der Waals surface area contributed by atoms with E-state index < -0.39 is 10.1 Å². The molecule has 0 bridgehead atoms. The van der Waals surface area contributed by atoms with Gasteiger partial charge in [0.2, 0.25) is 0 Å². The molecule has 1 aromatic carbocycles. The van der Waals surface area contributed by atoms with Crippen molar-refractivity contribution in [2.45, 2.75) is 4.90 Å². The Kier molecular flexibility index (Phi) is 6.83. The van der Waals surface area contributed by atoms with Gasteiger partial charge in [0, 0.05) is 0 Å². The number of hydrogen-bond donors (Lipinski definition) is 1. The van der Waals surface area contributed by atoms with Crippen LogP contribution >= 0.6 is 11.6 Å². The number of alkyl halides is 1. The van der Waals surface area contributed by atoms with Gasteiger partial charge in [0.25, 0.3) is 10.1 Å². The van der Waals surface area contributed by atoms with Gasteiger partial charge in [-0.2, -0.15) is 8.42 Å². The molecule has 15 heavy (non-hydrogen) atoms. The minimum absolute atomic E-state index is 0. The molecule has 1 N–H and O–H groups in total. The second kappa shape index (κ2) is 6.73. The second-order valence-electron chi connectivity index (χ2n) is 2.46. The van der Waals surface area contributed by atoms with E-state index in [-0.39, 0.29) is 52.7 Å². The van der Waals surface area contributed by atoms with E-state index >= 15 is 0 Å².